The first-order valence-electron chi connectivity index (χ1n) is 7.67. The number of H-pyrrole nitrogens is 1. The molecule has 1 atom stereocenters. The number of benzene rings is 2. The molecular weight excluding hydrogens is 399 g/mol. The zero-order valence-corrected chi connectivity index (χ0v) is 15.6. The van der Waals surface area contributed by atoms with Crippen molar-refractivity contribution < 1.29 is 17.4 Å². The molecule has 0 bridgehead atoms. The molecule has 11 heteroatoms. The van der Waals surface area contributed by atoms with E-state index in [1.54, 1.807) is 18.2 Å². The average Bonchev–Trinajstić information content (AvgIpc) is 3.16. The second-order valence-corrected chi connectivity index (χ2v) is 8.93. The molecule has 6 nitrogen and oxygen atoms in total. The van der Waals surface area contributed by atoms with Crippen molar-refractivity contribution in [3.8, 4) is 11.4 Å². The molecule has 142 valence electrons. The minimum absolute atomic E-state index is 0.278. The van der Waals surface area contributed by atoms with Crippen LogP contribution in [-0.4, -0.2) is 31.9 Å². The molecule has 2 N–H and O–H groups in total. The molecule has 1 aromatic heterocycles. The van der Waals surface area contributed by atoms with Crippen LogP contribution >= 0.6 is 0 Å². The lowest BCUT2D eigenvalue weighted by atomic mass is 9.98. The monoisotopic (exact) mass is 413 g/mol. The van der Waals surface area contributed by atoms with E-state index in [1.807, 2.05) is 0 Å². The van der Waals surface area contributed by atoms with Crippen LogP contribution in [0.15, 0.2) is 47.4 Å². The summed E-state index contributed by atoms with van der Waals surface area (Å²) in [6.07, 6.45) is -4.05. The van der Waals surface area contributed by atoms with E-state index < -0.39 is 20.4 Å². The van der Waals surface area contributed by atoms with E-state index in [4.69, 9.17) is 11.2 Å². The number of tetrazole rings is 1. The average molecular weight is 413 g/mol. The fourth-order valence-electron chi connectivity index (χ4n) is 2.51. The highest BCUT2D eigenvalue weighted by Gasteiger charge is 2.30. The van der Waals surface area contributed by atoms with Gasteiger partial charge in [0.25, 0.3) is 0 Å². The minimum atomic E-state index is -4.38. The van der Waals surface area contributed by atoms with Crippen molar-refractivity contribution in [1.29, 1.82) is 0 Å². The van der Waals surface area contributed by atoms with Gasteiger partial charge in [-0.1, -0.05) is 18.2 Å². The summed E-state index contributed by atoms with van der Waals surface area (Å²) < 4.78 is 53.2. The zero-order valence-electron chi connectivity index (χ0n) is 13.9. The SMILES string of the molecule is CNS(=O)(=S)c1ccc(Cc2ccc(C(F)(F)F)cc2)c(-c2nn[nH]n2)c1. The third kappa shape index (κ3) is 4.31. The molecule has 0 spiro atoms. The van der Waals surface area contributed by atoms with Gasteiger partial charge < -0.3 is 0 Å². The number of hydrogen-bond donors (Lipinski definition) is 2. The minimum Gasteiger partial charge on any atom is -0.236 e. The molecular formula is C16H14F3N5OS2. The quantitative estimate of drug-likeness (QED) is 0.672. The van der Waals surface area contributed by atoms with Crippen molar-refractivity contribution >= 4 is 19.9 Å². The van der Waals surface area contributed by atoms with E-state index >= 15 is 0 Å². The molecule has 0 amide bonds. The Morgan fingerprint density at radius 2 is 1.89 bits per heavy atom. The molecule has 1 unspecified atom stereocenters. The van der Waals surface area contributed by atoms with E-state index in [1.165, 1.54) is 19.2 Å². The van der Waals surface area contributed by atoms with Gasteiger partial charge >= 0.3 is 6.18 Å². The van der Waals surface area contributed by atoms with Crippen LogP contribution < -0.4 is 4.72 Å². The molecule has 3 rings (SSSR count). The van der Waals surface area contributed by atoms with Crippen molar-refractivity contribution in [2.75, 3.05) is 7.05 Å². The van der Waals surface area contributed by atoms with Crippen LogP contribution in [0.5, 0.6) is 0 Å². The van der Waals surface area contributed by atoms with E-state index in [-0.39, 0.29) is 5.82 Å². The largest absolute Gasteiger partial charge is 0.416 e. The van der Waals surface area contributed by atoms with E-state index in [2.05, 4.69) is 25.3 Å². The predicted molar refractivity (Wildman–Crippen MR) is 96.7 cm³/mol. The lowest BCUT2D eigenvalue weighted by Gasteiger charge is -2.12. The molecule has 3 aromatic rings. The number of halogens is 3. The Kier molecular flexibility index (Phi) is 5.27. The van der Waals surface area contributed by atoms with Crippen LogP contribution in [0.25, 0.3) is 11.4 Å². The third-order valence-electron chi connectivity index (χ3n) is 3.92. The molecule has 0 radical (unpaired) electrons. The molecule has 0 fully saturated rings. The van der Waals surface area contributed by atoms with Gasteiger partial charge in [0.15, 0.2) is 0 Å². The maximum absolute atomic E-state index is 12.7. The van der Waals surface area contributed by atoms with Crippen LogP contribution in [0.2, 0.25) is 0 Å². The Balaban J connectivity index is 2.00. The summed E-state index contributed by atoms with van der Waals surface area (Å²) >= 11 is 5.07. The molecule has 1 heterocycles. The molecule has 0 aliphatic rings. The standard InChI is InChI=1S/C16H14F3N5OS2/c1-20-27(25,26)13-7-4-11(14(9-13)15-21-23-24-22-15)8-10-2-5-12(6-3-10)16(17,18)19/h2-7,9,20H,8H2,1H3,(H,21,22,23,24). The van der Waals surface area contributed by atoms with Crippen LogP contribution in [0.3, 0.4) is 0 Å². The van der Waals surface area contributed by atoms with Crippen molar-refractivity contribution in [1.82, 2.24) is 25.3 Å². The van der Waals surface area contributed by atoms with E-state index in [9.17, 15) is 17.4 Å². The molecule has 2 aromatic carbocycles. The Labute approximate surface area is 158 Å². The second-order valence-electron chi connectivity index (χ2n) is 5.63. The number of hydrogen-bond acceptors (Lipinski definition) is 5. The fraction of sp³-hybridized carbons (Fsp3) is 0.188. The van der Waals surface area contributed by atoms with Gasteiger partial charge in [0.2, 0.25) is 5.82 Å². The normalized spacial score (nSPS) is 14.1. The van der Waals surface area contributed by atoms with Crippen LogP contribution in [0.4, 0.5) is 13.2 Å². The lowest BCUT2D eigenvalue weighted by molar-refractivity contribution is -0.137. The van der Waals surface area contributed by atoms with Crippen LogP contribution in [0, 0.1) is 0 Å². The Bertz CT molecular complexity index is 1030. The van der Waals surface area contributed by atoms with Gasteiger partial charge in [0, 0.05) is 16.8 Å². The highest BCUT2D eigenvalue weighted by molar-refractivity contribution is 8.31. The van der Waals surface area contributed by atoms with Crippen LogP contribution in [0.1, 0.15) is 16.7 Å². The van der Waals surface area contributed by atoms with E-state index in [0.29, 0.717) is 22.4 Å². The number of nitrogens with one attached hydrogen (secondary N) is 2. The first kappa shape index (κ1) is 19.4. The smallest absolute Gasteiger partial charge is 0.236 e. The van der Waals surface area contributed by atoms with Crippen LogP contribution in [-0.2, 0) is 32.5 Å². The molecule has 0 saturated heterocycles. The Morgan fingerprint density at radius 1 is 1.19 bits per heavy atom. The molecule has 0 aliphatic carbocycles. The summed E-state index contributed by atoms with van der Waals surface area (Å²) in [5, 5.41) is 13.8. The highest BCUT2D eigenvalue weighted by Crippen LogP contribution is 2.30. The molecule has 0 saturated carbocycles. The predicted octanol–water partition coefficient (Wildman–Crippen LogP) is 2.72. The molecule has 0 aliphatic heterocycles. The zero-order chi connectivity index (χ0) is 19.7. The lowest BCUT2D eigenvalue weighted by Crippen LogP contribution is -2.17. The summed E-state index contributed by atoms with van der Waals surface area (Å²) in [6, 6.07) is 9.84. The Morgan fingerprint density at radius 3 is 2.44 bits per heavy atom. The second kappa shape index (κ2) is 7.33. The summed E-state index contributed by atoms with van der Waals surface area (Å²) in [5.41, 5.74) is 1.25. The Hall–Kier alpha value is -2.37. The number of aromatic amines is 1. The van der Waals surface area contributed by atoms with Gasteiger partial charge in [0.1, 0.15) is 8.68 Å². The van der Waals surface area contributed by atoms with Gasteiger partial charge in [0.05, 0.1) is 10.5 Å². The molecule has 27 heavy (non-hydrogen) atoms. The van der Waals surface area contributed by atoms with Crippen molar-refractivity contribution in [3.05, 3.63) is 59.2 Å². The first-order valence-corrected chi connectivity index (χ1v) is 10.2. The summed E-state index contributed by atoms with van der Waals surface area (Å²) in [5.74, 6) is 0.278. The van der Waals surface area contributed by atoms with Crippen molar-refractivity contribution in [2.24, 2.45) is 0 Å². The highest BCUT2D eigenvalue weighted by atomic mass is 32.8. The maximum atomic E-state index is 12.7. The van der Waals surface area contributed by atoms with Gasteiger partial charge in [-0.05, 0) is 54.1 Å². The summed E-state index contributed by atoms with van der Waals surface area (Å²) in [6.45, 7) is 0. The number of alkyl halides is 3. The van der Waals surface area contributed by atoms with Gasteiger partial charge in [-0.25, -0.2) is 8.93 Å². The van der Waals surface area contributed by atoms with Crippen molar-refractivity contribution in [3.63, 3.8) is 0 Å². The van der Waals surface area contributed by atoms with Gasteiger partial charge in [-0.15, -0.1) is 10.2 Å². The van der Waals surface area contributed by atoms with E-state index in [0.717, 1.165) is 17.7 Å². The number of aromatic nitrogens is 4. The topological polar surface area (TPSA) is 83.6 Å². The van der Waals surface area contributed by atoms with Gasteiger partial charge in [-0.3, -0.25) is 0 Å². The number of nitrogens with zero attached hydrogens (tertiary/aromatic N) is 3. The summed E-state index contributed by atoms with van der Waals surface area (Å²) in [4.78, 5) is 0.385. The van der Waals surface area contributed by atoms with Crippen molar-refractivity contribution in [2.45, 2.75) is 17.5 Å². The summed E-state index contributed by atoms with van der Waals surface area (Å²) in [7, 11) is -1.35. The third-order valence-corrected chi connectivity index (χ3v) is 6.41. The maximum Gasteiger partial charge on any atom is 0.416 e. The fourth-order valence-corrected chi connectivity index (χ4v) is 3.58. The van der Waals surface area contributed by atoms with Gasteiger partial charge in [-0.2, -0.15) is 18.4 Å². The first-order chi connectivity index (χ1) is 12.7. The number of rotatable bonds is 5.